The molecule has 5 nitrogen and oxygen atoms in total. The van der Waals surface area contributed by atoms with Gasteiger partial charge in [0, 0.05) is 17.1 Å². The Kier molecular flexibility index (Phi) is 5.25. The second-order valence-corrected chi connectivity index (χ2v) is 8.46. The van der Waals surface area contributed by atoms with Gasteiger partial charge in [0.05, 0.1) is 6.54 Å². The molecule has 1 aromatic carbocycles. The lowest BCUT2D eigenvalue weighted by Gasteiger charge is -2.46. The van der Waals surface area contributed by atoms with Gasteiger partial charge in [-0.1, -0.05) is 30.3 Å². The summed E-state index contributed by atoms with van der Waals surface area (Å²) in [5, 5.41) is 20.0. The predicted octanol–water partition coefficient (Wildman–Crippen LogP) is 2.50. The van der Waals surface area contributed by atoms with Crippen LogP contribution in [0.2, 0.25) is 0 Å². The predicted molar refractivity (Wildman–Crippen MR) is 96.9 cm³/mol. The van der Waals surface area contributed by atoms with Crippen molar-refractivity contribution in [3.63, 3.8) is 0 Å². The lowest BCUT2D eigenvalue weighted by atomic mass is 9.80. The zero-order valence-electron chi connectivity index (χ0n) is 15.4. The number of amides is 2. The molecule has 0 radical (unpaired) electrons. The topological polar surface area (TPSA) is 73.4 Å². The maximum absolute atomic E-state index is 12.3. The van der Waals surface area contributed by atoms with E-state index in [0.717, 1.165) is 18.4 Å². The summed E-state index contributed by atoms with van der Waals surface area (Å²) in [6.45, 7) is 10.5. The monoisotopic (exact) mass is 333 g/mol. The molecule has 5 heteroatoms. The molecular weight excluding hydrogens is 302 g/mol. The summed E-state index contributed by atoms with van der Waals surface area (Å²) in [5.74, 6) is 0. The van der Waals surface area contributed by atoms with Crippen LogP contribution in [0.15, 0.2) is 30.3 Å². The molecule has 2 rings (SSSR count). The Morgan fingerprint density at radius 3 is 2.29 bits per heavy atom. The first-order valence-corrected chi connectivity index (χ1v) is 8.61. The third-order valence-electron chi connectivity index (χ3n) is 4.51. The number of rotatable bonds is 4. The molecule has 0 saturated carbocycles. The molecule has 1 unspecified atom stereocenters. The number of nitrogens with one attached hydrogen (secondary N) is 3. The Bertz CT molecular complexity index is 551. The van der Waals surface area contributed by atoms with Gasteiger partial charge in [-0.2, -0.15) is 0 Å². The van der Waals surface area contributed by atoms with Crippen molar-refractivity contribution in [2.45, 2.75) is 70.2 Å². The molecule has 4 N–H and O–H groups in total. The summed E-state index contributed by atoms with van der Waals surface area (Å²) in [7, 11) is 0. The molecule has 1 fully saturated rings. The zero-order chi connectivity index (χ0) is 18.0. The van der Waals surface area contributed by atoms with Gasteiger partial charge in [-0.05, 0) is 53.0 Å². The van der Waals surface area contributed by atoms with E-state index in [0.29, 0.717) is 0 Å². The summed E-state index contributed by atoms with van der Waals surface area (Å²) in [6, 6.07) is 9.25. The second kappa shape index (κ2) is 6.73. The summed E-state index contributed by atoms with van der Waals surface area (Å²) in [4.78, 5) is 12.3. The fraction of sp³-hybridized carbons (Fsp3) is 0.632. The summed E-state index contributed by atoms with van der Waals surface area (Å²) >= 11 is 0. The van der Waals surface area contributed by atoms with Crippen molar-refractivity contribution in [1.29, 1.82) is 0 Å². The maximum Gasteiger partial charge on any atom is 0.315 e. The van der Waals surface area contributed by atoms with E-state index in [1.54, 1.807) is 6.92 Å². The van der Waals surface area contributed by atoms with Gasteiger partial charge in [-0.15, -0.1) is 0 Å². The second-order valence-electron chi connectivity index (χ2n) is 8.46. The first-order valence-electron chi connectivity index (χ1n) is 8.61. The van der Waals surface area contributed by atoms with Crippen LogP contribution in [0.1, 0.15) is 53.0 Å². The van der Waals surface area contributed by atoms with Crippen molar-refractivity contribution in [1.82, 2.24) is 16.0 Å². The largest absolute Gasteiger partial charge is 0.384 e. The molecule has 1 aliphatic heterocycles. The maximum atomic E-state index is 12.3. The van der Waals surface area contributed by atoms with Crippen LogP contribution in [0.5, 0.6) is 0 Å². The van der Waals surface area contributed by atoms with E-state index >= 15 is 0 Å². The molecule has 1 atom stereocenters. The summed E-state index contributed by atoms with van der Waals surface area (Å²) in [6.07, 6.45) is 1.75. The normalized spacial score (nSPS) is 22.4. The van der Waals surface area contributed by atoms with Crippen LogP contribution < -0.4 is 16.0 Å². The Hall–Kier alpha value is -1.59. The van der Waals surface area contributed by atoms with Gasteiger partial charge in [0.15, 0.2) is 0 Å². The van der Waals surface area contributed by atoms with Crippen molar-refractivity contribution in [2.24, 2.45) is 0 Å². The number of carbonyl (C=O) groups is 1. The molecule has 1 aliphatic rings. The minimum absolute atomic E-state index is 0.0186. The lowest BCUT2D eigenvalue weighted by Crippen LogP contribution is -2.63. The van der Waals surface area contributed by atoms with Crippen LogP contribution in [-0.2, 0) is 5.60 Å². The first-order chi connectivity index (χ1) is 11.0. The van der Waals surface area contributed by atoms with Crippen LogP contribution in [0, 0.1) is 0 Å². The SMILES string of the molecule is CC1(C)CC(NC(=O)NCC(C)(O)c2ccccc2)CC(C)(C)N1. The molecule has 24 heavy (non-hydrogen) atoms. The molecular formula is C19H31N3O2. The van der Waals surface area contributed by atoms with Gasteiger partial charge in [0.2, 0.25) is 0 Å². The minimum Gasteiger partial charge on any atom is -0.384 e. The number of benzene rings is 1. The van der Waals surface area contributed by atoms with Gasteiger partial charge in [-0.25, -0.2) is 4.79 Å². The fourth-order valence-electron chi connectivity index (χ4n) is 3.81. The molecule has 1 heterocycles. The number of hydrogen-bond acceptors (Lipinski definition) is 3. The minimum atomic E-state index is -1.09. The third-order valence-corrected chi connectivity index (χ3v) is 4.51. The number of hydrogen-bond donors (Lipinski definition) is 4. The van der Waals surface area contributed by atoms with Crippen LogP contribution >= 0.6 is 0 Å². The average molecular weight is 333 g/mol. The Balaban J connectivity index is 1.89. The number of carbonyl (C=O) groups excluding carboxylic acids is 1. The van der Waals surface area contributed by atoms with E-state index in [-0.39, 0.29) is 29.7 Å². The van der Waals surface area contributed by atoms with Crippen molar-refractivity contribution < 1.29 is 9.90 Å². The highest BCUT2D eigenvalue weighted by Crippen LogP contribution is 2.28. The van der Waals surface area contributed by atoms with E-state index in [1.807, 2.05) is 30.3 Å². The smallest absolute Gasteiger partial charge is 0.315 e. The highest BCUT2D eigenvalue weighted by molar-refractivity contribution is 5.74. The quantitative estimate of drug-likeness (QED) is 0.684. The lowest BCUT2D eigenvalue weighted by molar-refractivity contribution is 0.0588. The third kappa shape index (κ3) is 5.21. The molecule has 1 aromatic rings. The summed E-state index contributed by atoms with van der Waals surface area (Å²) < 4.78 is 0. The van der Waals surface area contributed by atoms with Crippen molar-refractivity contribution in [3.05, 3.63) is 35.9 Å². The van der Waals surface area contributed by atoms with E-state index < -0.39 is 5.60 Å². The number of aliphatic hydroxyl groups is 1. The Labute approximate surface area is 145 Å². The van der Waals surface area contributed by atoms with E-state index in [9.17, 15) is 9.90 Å². The molecule has 0 aromatic heterocycles. The van der Waals surface area contributed by atoms with Crippen molar-refractivity contribution >= 4 is 6.03 Å². The molecule has 2 amide bonds. The summed E-state index contributed by atoms with van der Waals surface area (Å²) in [5.41, 5.74) is -0.343. The van der Waals surface area contributed by atoms with Crippen LogP contribution in [0.4, 0.5) is 4.79 Å². The molecule has 0 bridgehead atoms. The van der Waals surface area contributed by atoms with Gasteiger partial charge < -0.3 is 21.1 Å². The van der Waals surface area contributed by atoms with Gasteiger partial charge in [0.25, 0.3) is 0 Å². The van der Waals surface area contributed by atoms with Crippen LogP contribution in [0.25, 0.3) is 0 Å². The van der Waals surface area contributed by atoms with Crippen molar-refractivity contribution in [2.75, 3.05) is 6.54 Å². The highest BCUT2D eigenvalue weighted by atomic mass is 16.3. The number of urea groups is 1. The van der Waals surface area contributed by atoms with Crippen LogP contribution in [-0.4, -0.2) is 34.8 Å². The zero-order valence-corrected chi connectivity index (χ0v) is 15.4. The Morgan fingerprint density at radius 1 is 1.21 bits per heavy atom. The molecule has 1 saturated heterocycles. The first kappa shape index (κ1) is 18.7. The Morgan fingerprint density at radius 2 is 1.75 bits per heavy atom. The van der Waals surface area contributed by atoms with E-state index in [1.165, 1.54) is 0 Å². The van der Waals surface area contributed by atoms with E-state index in [2.05, 4.69) is 43.6 Å². The van der Waals surface area contributed by atoms with Crippen LogP contribution in [0.3, 0.4) is 0 Å². The van der Waals surface area contributed by atoms with Gasteiger partial charge in [0.1, 0.15) is 5.60 Å². The van der Waals surface area contributed by atoms with Gasteiger partial charge >= 0.3 is 6.03 Å². The highest BCUT2D eigenvalue weighted by Gasteiger charge is 2.38. The molecule has 0 spiro atoms. The molecule has 0 aliphatic carbocycles. The molecule has 134 valence electrons. The average Bonchev–Trinajstić information content (AvgIpc) is 2.43. The van der Waals surface area contributed by atoms with Gasteiger partial charge in [-0.3, -0.25) is 0 Å². The standard InChI is InChI=1S/C19H31N3O2/c1-17(2)11-15(12-18(3,4)22-17)21-16(23)20-13-19(5,24)14-9-7-6-8-10-14/h6-10,15,22,24H,11-13H2,1-5H3,(H2,20,21,23). The fourth-order valence-corrected chi connectivity index (χ4v) is 3.81. The van der Waals surface area contributed by atoms with Crippen molar-refractivity contribution in [3.8, 4) is 0 Å². The number of piperidine rings is 1. The van der Waals surface area contributed by atoms with E-state index in [4.69, 9.17) is 0 Å².